The molecule has 2 aromatic carbocycles. The fraction of sp³-hybridized carbons (Fsp3) is 0.367. The Morgan fingerprint density at radius 2 is 1.59 bits per heavy atom. The minimum Gasteiger partial charge on any atom is -0.490 e. The standard InChI is InChI=1S/C30H30INO8S/c1-3-39-25-15-18(14-20(31)30(25)40-41(37,38)19-12-10-17(2)11-13-19)27-28-21(6-4-8-23(28)33)32(16-26(35)36)22-7-5-9-24(34)29(22)27/h10-15,27H,3-9,16H2,1-2H3,(H,35,36). The molecule has 0 bridgehead atoms. The van der Waals surface area contributed by atoms with Crippen molar-refractivity contribution in [1.82, 2.24) is 4.90 Å². The van der Waals surface area contributed by atoms with E-state index < -0.39 is 22.0 Å². The van der Waals surface area contributed by atoms with Crippen LogP contribution in [0.3, 0.4) is 0 Å². The number of hydrogen-bond acceptors (Lipinski definition) is 8. The molecule has 0 aromatic heterocycles. The molecular formula is C30H30INO8S. The Morgan fingerprint density at radius 3 is 2.12 bits per heavy atom. The van der Waals surface area contributed by atoms with Gasteiger partial charge in [-0.1, -0.05) is 17.7 Å². The zero-order chi connectivity index (χ0) is 29.5. The molecule has 1 aliphatic heterocycles. The maximum Gasteiger partial charge on any atom is 0.339 e. The van der Waals surface area contributed by atoms with E-state index in [0.29, 0.717) is 70.2 Å². The van der Waals surface area contributed by atoms with Gasteiger partial charge in [-0.2, -0.15) is 8.42 Å². The molecular weight excluding hydrogens is 661 g/mol. The van der Waals surface area contributed by atoms with Gasteiger partial charge in [0.05, 0.1) is 10.2 Å². The Morgan fingerprint density at radius 1 is 1.00 bits per heavy atom. The number of Topliss-reactive ketones (excluding diaryl/α,β-unsaturated/α-hetero) is 2. The fourth-order valence-electron chi connectivity index (χ4n) is 5.84. The maximum absolute atomic E-state index is 13.5. The van der Waals surface area contributed by atoms with E-state index in [4.69, 9.17) is 8.92 Å². The highest BCUT2D eigenvalue weighted by Gasteiger charge is 2.44. The van der Waals surface area contributed by atoms with Crippen molar-refractivity contribution >= 4 is 50.2 Å². The molecule has 5 rings (SSSR count). The Labute approximate surface area is 252 Å². The van der Waals surface area contributed by atoms with E-state index in [1.807, 2.05) is 29.5 Å². The van der Waals surface area contributed by atoms with E-state index in [-0.39, 0.29) is 41.1 Å². The van der Waals surface area contributed by atoms with Crippen LogP contribution in [-0.4, -0.2) is 49.1 Å². The van der Waals surface area contributed by atoms with Gasteiger partial charge in [0.1, 0.15) is 11.4 Å². The topological polar surface area (TPSA) is 127 Å². The molecule has 1 N–H and O–H groups in total. The summed E-state index contributed by atoms with van der Waals surface area (Å²) in [4.78, 5) is 40.4. The zero-order valence-electron chi connectivity index (χ0n) is 22.7. The number of carboxylic acids is 1. The lowest BCUT2D eigenvalue weighted by atomic mass is 9.71. The number of halogens is 1. The highest BCUT2D eigenvalue weighted by molar-refractivity contribution is 14.1. The first-order valence-corrected chi connectivity index (χ1v) is 16.0. The molecule has 216 valence electrons. The molecule has 2 aliphatic carbocycles. The summed E-state index contributed by atoms with van der Waals surface area (Å²) in [6, 6.07) is 9.68. The van der Waals surface area contributed by atoms with E-state index in [1.54, 1.807) is 36.1 Å². The van der Waals surface area contributed by atoms with Gasteiger partial charge in [0.15, 0.2) is 23.1 Å². The third kappa shape index (κ3) is 5.66. The maximum atomic E-state index is 13.5. The van der Waals surface area contributed by atoms with E-state index in [9.17, 15) is 27.9 Å². The van der Waals surface area contributed by atoms with Crippen molar-refractivity contribution in [2.45, 2.75) is 63.2 Å². The molecule has 9 nitrogen and oxygen atoms in total. The van der Waals surface area contributed by atoms with Crippen molar-refractivity contribution < 1.29 is 36.8 Å². The second kappa shape index (κ2) is 11.6. The molecule has 0 spiro atoms. The number of aryl methyl sites for hydroxylation is 1. The van der Waals surface area contributed by atoms with E-state index in [1.165, 1.54) is 12.1 Å². The largest absolute Gasteiger partial charge is 0.490 e. The summed E-state index contributed by atoms with van der Waals surface area (Å²) < 4.78 is 38.2. The van der Waals surface area contributed by atoms with Crippen LogP contribution in [0.25, 0.3) is 0 Å². The predicted molar refractivity (Wildman–Crippen MR) is 158 cm³/mol. The molecule has 41 heavy (non-hydrogen) atoms. The second-order valence-electron chi connectivity index (χ2n) is 10.3. The number of carboxylic acid groups (broad SMARTS) is 1. The summed E-state index contributed by atoms with van der Waals surface area (Å²) in [5, 5.41) is 9.67. The lowest BCUT2D eigenvalue weighted by Gasteiger charge is -2.43. The number of carbonyl (C=O) groups is 3. The smallest absolute Gasteiger partial charge is 0.339 e. The third-order valence-corrected chi connectivity index (χ3v) is 9.58. The number of aliphatic carboxylic acids is 1. The first-order valence-electron chi connectivity index (χ1n) is 13.5. The van der Waals surface area contributed by atoms with Crippen molar-refractivity contribution in [1.29, 1.82) is 0 Å². The van der Waals surface area contributed by atoms with E-state index >= 15 is 0 Å². The number of allylic oxidation sites excluding steroid dienone is 4. The minimum absolute atomic E-state index is 0.00132. The molecule has 0 amide bonds. The Balaban J connectivity index is 1.66. The van der Waals surface area contributed by atoms with Crippen LogP contribution in [-0.2, 0) is 24.5 Å². The van der Waals surface area contributed by atoms with Gasteiger partial charge in [-0.05, 0) is 92.0 Å². The molecule has 11 heteroatoms. The van der Waals surface area contributed by atoms with Gasteiger partial charge in [-0.3, -0.25) is 14.4 Å². The summed E-state index contributed by atoms with van der Waals surface area (Å²) in [5.74, 6) is -1.79. The minimum atomic E-state index is -4.18. The number of rotatable bonds is 8. The molecule has 3 aliphatic rings. The number of hydrogen-bond donors (Lipinski definition) is 1. The van der Waals surface area contributed by atoms with E-state index in [2.05, 4.69) is 0 Å². The summed E-state index contributed by atoms with van der Waals surface area (Å²) in [7, 11) is -4.18. The summed E-state index contributed by atoms with van der Waals surface area (Å²) >= 11 is 1.98. The number of benzene rings is 2. The van der Waals surface area contributed by atoms with Crippen molar-refractivity contribution in [3.63, 3.8) is 0 Å². The third-order valence-electron chi connectivity index (χ3n) is 7.55. The van der Waals surface area contributed by atoms with Crippen molar-refractivity contribution in [3.8, 4) is 11.5 Å². The number of ketones is 2. The van der Waals surface area contributed by atoms with Gasteiger partial charge < -0.3 is 18.9 Å². The van der Waals surface area contributed by atoms with E-state index in [0.717, 1.165) is 5.56 Å². The van der Waals surface area contributed by atoms with Gasteiger partial charge in [-0.25, -0.2) is 0 Å². The number of carbonyl (C=O) groups excluding carboxylic acids is 2. The zero-order valence-corrected chi connectivity index (χ0v) is 25.7. The summed E-state index contributed by atoms with van der Waals surface area (Å²) in [6.45, 7) is 3.51. The quantitative estimate of drug-likeness (QED) is 0.291. The highest BCUT2D eigenvalue weighted by Crippen LogP contribution is 2.50. The number of ether oxygens (including phenoxy) is 1. The van der Waals surface area contributed by atoms with Crippen molar-refractivity contribution in [2.24, 2.45) is 0 Å². The van der Waals surface area contributed by atoms with Gasteiger partial charge in [0.2, 0.25) is 0 Å². The summed E-state index contributed by atoms with van der Waals surface area (Å²) in [6.07, 6.45) is 2.87. The molecule has 0 saturated carbocycles. The molecule has 0 unspecified atom stereocenters. The van der Waals surface area contributed by atoms with Gasteiger partial charge in [0.25, 0.3) is 0 Å². The molecule has 0 fully saturated rings. The predicted octanol–water partition coefficient (Wildman–Crippen LogP) is 5.26. The monoisotopic (exact) mass is 691 g/mol. The van der Waals surface area contributed by atoms with Gasteiger partial charge in [0, 0.05) is 41.3 Å². The molecule has 0 saturated heterocycles. The van der Waals surface area contributed by atoms with Crippen LogP contribution < -0.4 is 8.92 Å². The SMILES string of the molecule is CCOc1cc(C2C3=C(CCCC3=O)N(CC(=O)O)C3=C2C(=O)CCC3)cc(I)c1OS(=O)(=O)c1ccc(C)cc1. The molecule has 1 heterocycles. The van der Waals surface area contributed by atoms with Crippen molar-refractivity contribution in [2.75, 3.05) is 13.2 Å². The lowest BCUT2D eigenvalue weighted by Crippen LogP contribution is -2.41. The lowest BCUT2D eigenvalue weighted by molar-refractivity contribution is -0.138. The van der Waals surface area contributed by atoms with Gasteiger partial charge in [-0.15, -0.1) is 0 Å². The van der Waals surface area contributed by atoms with Crippen LogP contribution in [0.4, 0.5) is 0 Å². The molecule has 0 atom stereocenters. The Hall–Kier alpha value is -3.19. The Kier molecular flexibility index (Phi) is 8.29. The average molecular weight is 692 g/mol. The van der Waals surface area contributed by atoms with Gasteiger partial charge >= 0.3 is 16.1 Å². The highest BCUT2D eigenvalue weighted by atomic mass is 127. The second-order valence-corrected chi connectivity index (χ2v) is 13.0. The van der Waals surface area contributed by atoms with Crippen LogP contribution in [0.1, 0.15) is 62.5 Å². The van der Waals surface area contributed by atoms with Crippen molar-refractivity contribution in [3.05, 3.63) is 73.6 Å². The van der Waals surface area contributed by atoms with Crippen LogP contribution in [0.15, 0.2) is 63.8 Å². The van der Waals surface area contributed by atoms with Crippen LogP contribution in [0.5, 0.6) is 11.5 Å². The first-order chi connectivity index (χ1) is 19.5. The number of nitrogens with zero attached hydrogens (tertiary/aromatic N) is 1. The molecule has 2 aromatic rings. The normalized spacial score (nSPS) is 17.9. The van der Waals surface area contributed by atoms with Crippen LogP contribution in [0, 0.1) is 10.5 Å². The fourth-order valence-corrected chi connectivity index (χ4v) is 7.68. The summed E-state index contributed by atoms with van der Waals surface area (Å²) in [5.41, 5.74) is 3.67. The molecule has 0 radical (unpaired) electrons. The average Bonchev–Trinajstić information content (AvgIpc) is 2.91. The van der Waals surface area contributed by atoms with Crippen LogP contribution >= 0.6 is 22.6 Å². The van der Waals surface area contributed by atoms with Crippen LogP contribution in [0.2, 0.25) is 0 Å². The Bertz CT molecular complexity index is 1560. The first kappa shape index (κ1) is 29.3.